The van der Waals surface area contributed by atoms with Gasteiger partial charge >= 0.3 is 0 Å². The van der Waals surface area contributed by atoms with Crippen LogP contribution in [0.5, 0.6) is 0 Å². The van der Waals surface area contributed by atoms with E-state index in [0.717, 1.165) is 5.56 Å². The van der Waals surface area contributed by atoms with Gasteiger partial charge < -0.3 is 15.5 Å². The third-order valence-electron chi connectivity index (χ3n) is 3.46. The zero-order valence-electron chi connectivity index (χ0n) is 12.7. The van der Waals surface area contributed by atoms with Gasteiger partial charge in [0.05, 0.1) is 12.3 Å². The summed E-state index contributed by atoms with van der Waals surface area (Å²) in [6, 6.07) is 12.4. The Labute approximate surface area is 125 Å². The van der Waals surface area contributed by atoms with E-state index in [2.05, 4.69) is 5.32 Å². The standard InChI is InChI=1S/C17H22N2O2/c1-17(2,3)15(18)16(20)19-14(13-10-7-11-21-13)12-8-5-4-6-9-12/h4-11,14-15H,18H2,1-3H3,(H,19,20). The van der Waals surface area contributed by atoms with E-state index < -0.39 is 6.04 Å². The van der Waals surface area contributed by atoms with Crippen LogP contribution in [0.25, 0.3) is 0 Å². The van der Waals surface area contributed by atoms with E-state index in [1.807, 2.05) is 57.2 Å². The van der Waals surface area contributed by atoms with Crippen molar-refractivity contribution in [2.24, 2.45) is 11.1 Å². The number of rotatable bonds is 4. The number of hydrogen-bond donors (Lipinski definition) is 2. The van der Waals surface area contributed by atoms with E-state index >= 15 is 0 Å². The molecule has 2 rings (SSSR count). The van der Waals surface area contributed by atoms with Crippen LogP contribution in [0.4, 0.5) is 0 Å². The third-order valence-corrected chi connectivity index (χ3v) is 3.46. The molecule has 0 bridgehead atoms. The van der Waals surface area contributed by atoms with Gasteiger partial charge in [-0.2, -0.15) is 0 Å². The van der Waals surface area contributed by atoms with Crippen LogP contribution in [-0.4, -0.2) is 11.9 Å². The van der Waals surface area contributed by atoms with Crippen LogP contribution in [0.2, 0.25) is 0 Å². The maximum absolute atomic E-state index is 12.4. The third kappa shape index (κ3) is 3.73. The van der Waals surface area contributed by atoms with E-state index in [4.69, 9.17) is 10.2 Å². The highest BCUT2D eigenvalue weighted by molar-refractivity contribution is 5.83. The average molecular weight is 286 g/mol. The van der Waals surface area contributed by atoms with Gasteiger partial charge in [0, 0.05) is 0 Å². The molecular weight excluding hydrogens is 264 g/mol. The Balaban J connectivity index is 2.24. The zero-order valence-corrected chi connectivity index (χ0v) is 12.7. The van der Waals surface area contributed by atoms with Gasteiger partial charge in [0.2, 0.25) is 5.91 Å². The lowest BCUT2D eigenvalue weighted by molar-refractivity contribution is -0.125. The van der Waals surface area contributed by atoms with Crippen molar-refractivity contribution in [1.29, 1.82) is 0 Å². The first kappa shape index (κ1) is 15.3. The Morgan fingerprint density at radius 2 is 1.81 bits per heavy atom. The van der Waals surface area contributed by atoms with Crippen LogP contribution in [0.15, 0.2) is 53.1 Å². The van der Waals surface area contributed by atoms with Crippen LogP contribution in [-0.2, 0) is 4.79 Å². The Hall–Kier alpha value is -2.07. The van der Waals surface area contributed by atoms with Crippen molar-refractivity contribution >= 4 is 5.91 Å². The number of nitrogens with two attached hydrogens (primary N) is 1. The molecule has 112 valence electrons. The van der Waals surface area contributed by atoms with Gasteiger partial charge in [-0.1, -0.05) is 51.1 Å². The molecule has 0 radical (unpaired) electrons. The summed E-state index contributed by atoms with van der Waals surface area (Å²) in [6.07, 6.45) is 1.60. The SMILES string of the molecule is CC(C)(C)C(N)C(=O)NC(c1ccccc1)c1ccco1. The summed E-state index contributed by atoms with van der Waals surface area (Å²) in [5, 5.41) is 2.98. The van der Waals surface area contributed by atoms with Crippen LogP contribution in [0, 0.1) is 5.41 Å². The highest BCUT2D eigenvalue weighted by Crippen LogP contribution is 2.24. The first-order valence-corrected chi connectivity index (χ1v) is 7.04. The zero-order chi connectivity index (χ0) is 15.5. The summed E-state index contributed by atoms with van der Waals surface area (Å²) in [4.78, 5) is 12.4. The van der Waals surface area contributed by atoms with Gasteiger partial charge in [0.15, 0.2) is 0 Å². The molecule has 2 aromatic rings. The van der Waals surface area contributed by atoms with Crippen LogP contribution < -0.4 is 11.1 Å². The molecule has 21 heavy (non-hydrogen) atoms. The van der Waals surface area contributed by atoms with Crippen molar-refractivity contribution in [1.82, 2.24) is 5.32 Å². The summed E-state index contributed by atoms with van der Waals surface area (Å²) >= 11 is 0. The quantitative estimate of drug-likeness (QED) is 0.908. The van der Waals surface area contributed by atoms with Crippen LogP contribution >= 0.6 is 0 Å². The predicted molar refractivity (Wildman–Crippen MR) is 82.6 cm³/mol. The highest BCUT2D eigenvalue weighted by Gasteiger charge is 2.30. The maximum atomic E-state index is 12.4. The molecule has 0 saturated carbocycles. The number of carbonyl (C=O) groups excluding carboxylic acids is 1. The number of furan rings is 1. The minimum Gasteiger partial charge on any atom is -0.467 e. The minimum atomic E-state index is -0.585. The minimum absolute atomic E-state index is 0.187. The van der Waals surface area contributed by atoms with Crippen molar-refractivity contribution in [3.8, 4) is 0 Å². The second kappa shape index (κ2) is 6.14. The molecule has 0 fully saturated rings. The van der Waals surface area contributed by atoms with Gasteiger partial charge in [-0.05, 0) is 23.1 Å². The van der Waals surface area contributed by atoms with Gasteiger partial charge in [0.1, 0.15) is 11.8 Å². The van der Waals surface area contributed by atoms with Gasteiger partial charge in [-0.25, -0.2) is 0 Å². The number of amides is 1. The van der Waals surface area contributed by atoms with E-state index in [0.29, 0.717) is 5.76 Å². The topological polar surface area (TPSA) is 68.3 Å². The lowest BCUT2D eigenvalue weighted by atomic mass is 9.86. The molecule has 3 N–H and O–H groups in total. The molecule has 0 spiro atoms. The molecule has 0 aliphatic carbocycles. The molecule has 0 aliphatic rings. The largest absolute Gasteiger partial charge is 0.467 e. The number of nitrogens with one attached hydrogen (secondary N) is 1. The Morgan fingerprint density at radius 1 is 1.14 bits per heavy atom. The highest BCUT2D eigenvalue weighted by atomic mass is 16.3. The summed E-state index contributed by atoms with van der Waals surface area (Å²) < 4.78 is 5.46. The smallest absolute Gasteiger partial charge is 0.238 e. The normalized spacial score (nSPS) is 14.5. The van der Waals surface area contributed by atoms with E-state index in [1.165, 1.54) is 0 Å². The molecule has 1 aromatic heterocycles. The molecule has 1 heterocycles. The molecule has 0 aliphatic heterocycles. The summed E-state index contributed by atoms with van der Waals surface area (Å²) in [7, 11) is 0. The first-order chi connectivity index (χ1) is 9.89. The Kier molecular flexibility index (Phi) is 4.48. The molecule has 2 unspecified atom stereocenters. The molecule has 1 amide bonds. The molecular formula is C17H22N2O2. The van der Waals surface area contributed by atoms with Crippen molar-refractivity contribution in [3.05, 3.63) is 60.1 Å². The summed E-state index contributed by atoms with van der Waals surface area (Å²) in [5.74, 6) is 0.503. The van der Waals surface area contributed by atoms with Crippen LogP contribution in [0.1, 0.15) is 38.1 Å². The molecule has 4 nitrogen and oxygen atoms in total. The van der Waals surface area contributed by atoms with E-state index in [9.17, 15) is 4.79 Å². The predicted octanol–water partition coefficient (Wildman–Crippen LogP) is 2.86. The second-order valence-corrected chi connectivity index (χ2v) is 6.21. The molecule has 2 atom stereocenters. The van der Waals surface area contributed by atoms with E-state index in [-0.39, 0.29) is 17.4 Å². The fourth-order valence-corrected chi connectivity index (χ4v) is 2.05. The fourth-order valence-electron chi connectivity index (χ4n) is 2.05. The van der Waals surface area contributed by atoms with Gasteiger partial charge in [-0.15, -0.1) is 0 Å². The monoisotopic (exact) mass is 286 g/mol. The number of carbonyl (C=O) groups is 1. The molecule has 0 saturated heterocycles. The van der Waals surface area contributed by atoms with Gasteiger partial charge in [-0.3, -0.25) is 4.79 Å². The second-order valence-electron chi connectivity index (χ2n) is 6.21. The van der Waals surface area contributed by atoms with Crippen LogP contribution in [0.3, 0.4) is 0 Å². The lowest BCUT2D eigenvalue weighted by Crippen LogP contribution is -2.49. The van der Waals surface area contributed by atoms with Gasteiger partial charge in [0.25, 0.3) is 0 Å². The Bertz CT molecular complexity index is 571. The van der Waals surface area contributed by atoms with Crippen molar-refractivity contribution < 1.29 is 9.21 Å². The van der Waals surface area contributed by atoms with Crippen molar-refractivity contribution in [3.63, 3.8) is 0 Å². The van der Waals surface area contributed by atoms with Crippen molar-refractivity contribution in [2.75, 3.05) is 0 Å². The average Bonchev–Trinajstić information content (AvgIpc) is 2.97. The summed E-state index contributed by atoms with van der Waals surface area (Å²) in [6.45, 7) is 5.84. The molecule has 4 heteroatoms. The first-order valence-electron chi connectivity index (χ1n) is 7.04. The summed E-state index contributed by atoms with van der Waals surface area (Å²) in [5.41, 5.74) is 6.69. The van der Waals surface area contributed by atoms with Crippen molar-refractivity contribution in [2.45, 2.75) is 32.9 Å². The Morgan fingerprint density at radius 3 is 2.33 bits per heavy atom. The number of hydrogen-bond acceptors (Lipinski definition) is 3. The molecule has 1 aromatic carbocycles. The van der Waals surface area contributed by atoms with E-state index in [1.54, 1.807) is 12.3 Å². The number of benzene rings is 1. The lowest BCUT2D eigenvalue weighted by Gasteiger charge is -2.28. The fraction of sp³-hybridized carbons (Fsp3) is 0.353. The maximum Gasteiger partial charge on any atom is 0.238 e.